The number of alkyl halides is 3. The highest BCUT2D eigenvalue weighted by Crippen LogP contribution is 2.43. The van der Waals surface area contributed by atoms with E-state index in [0.717, 1.165) is 0 Å². The van der Waals surface area contributed by atoms with Crippen LogP contribution in [-0.2, 0) is 0 Å². The lowest BCUT2D eigenvalue weighted by Gasteiger charge is -2.29. The van der Waals surface area contributed by atoms with Gasteiger partial charge in [-0.05, 0) is 25.5 Å². The molecule has 120 valence electrons. The molecule has 0 amide bonds. The standard InChI is InChI=1S/C12H15F3N6S/c1-22-10-9-19-18-8(21(9)20-11(16)17-10)6-3-2-4-7(5-6)12(13,14)15/h6-7H,2-5H2,1H3,(H2,16,20). The topological polar surface area (TPSA) is 82.0 Å². The largest absolute Gasteiger partial charge is 0.391 e. The zero-order valence-electron chi connectivity index (χ0n) is 11.8. The average Bonchev–Trinajstić information content (AvgIpc) is 2.89. The molecule has 0 aromatic carbocycles. The molecule has 0 aliphatic heterocycles. The summed E-state index contributed by atoms with van der Waals surface area (Å²) in [6.07, 6.45) is -1.01. The first kappa shape index (κ1) is 15.3. The monoisotopic (exact) mass is 332 g/mol. The second-order valence-corrected chi connectivity index (χ2v) is 6.17. The molecule has 0 bridgehead atoms. The van der Waals surface area contributed by atoms with Crippen LogP contribution in [0.2, 0.25) is 0 Å². The third-order valence-corrected chi connectivity index (χ3v) is 4.63. The molecule has 10 heteroatoms. The number of hydrogen-bond donors (Lipinski definition) is 1. The molecule has 2 aromatic rings. The Morgan fingerprint density at radius 2 is 2.05 bits per heavy atom. The van der Waals surface area contributed by atoms with Crippen LogP contribution in [0.5, 0.6) is 0 Å². The molecule has 2 N–H and O–H groups in total. The van der Waals surface area contributed by atoms with Crippen LogP contribution in [0.3, 0.4) is 0 Å². The lowest BCUT2D eigenvalue weighted by Crippen LogP contribution is -2.28. The minimum atomic E-state index is -4.17. The second-order valence-electron chi connectivity index (χ2n) is 5.37. The highest BCUT2D eigenvalue weighted by atomic mass is 32.2. The first-order valence-corrected chi connectivity index (χ1v) is 8.12. The summed E-state index contributed by atoms with van der Waals surface area (Å²) < 4.78 is 40.3. The fourth-order valence-corrected chi connectivity index (χ4v) is 3.41. The lowest BCUT2D eigenvalue weighted by molar-refractivity contribution is -0.183. The van der Waals surface area contributed by atoms with Crippen molar-refractivity contribution < 1.29 is 13.2 Å². The van der Waals surface area contributed by atoms with Gasteiger partial charge in [0.15, 0.2) is 5.82 Å². The van der Waals surface area contributed by atoms with Crippen LogP contribution in [0, 0.1) is 5.92 Å². The summed E-state index contributed by atoms with van der Waals surface area (Å²) in [6, 6.07) is 0. The van der Waals surface area contributed by atoms with Gasteiger partial charge in [0.1, 0.15) is 5.03 Å². The number of hydrogen-bond acceptors (Lipinski definition) is 6. The van der Waals surface area contributed by atoms with Crippen molar-refractivity contribution in [3.8, 4) is 0 Å². The van der Waals surface area contributed by atoms with E-state index in [1.165, 1.54) is 16.3 Å². The van der Waals surface area contributed by atoms with Crippen molar-refractivity contribution in [2.45, 2.75) is 42.8 Å². The van der Waals surface area contributed by atoms with E-state index in [4.69, 9.17) is 5.73 Å². The van der Waals surface area contributed by atoms with Gasteiger partial charge in [-0.1, -0.05) is 6.42 Å². The van der Waals surface area contributed by atoms with E-state index < -0.39 is 12.1 Å². The maximum absolute atomic E-state index is 13.0. The zero-order valence-corrected chi connectivity index (χ0v) is 12.7. The molecule has 1 saturated carbocycles. The molecule has 2 heterocycles. The summed E-state index contributed by atoms with van der Waals surface area (Å²) in [5.41, 5.74) is 6.10. The zero-order chi connectivity index (χ0) is 15.9. The Balaban J connectivity index is 1.98. The second kappa shape index (κ2) is 5.56. The summed E-state index contributed by atoms with van der Waals surface area (Å²) in [6.45, 7) is 0. The first-order valence-electron chi connectivity index (χ1n) is 6.89. The lowest BCUT2D eigenvalue weighted by atomic mass is 9.80. The Morgan fingerprint density at radius 3 is 2.73 bits per heavy atom. The van der Waals surface area contributed by atoms with Crippen molar-refractivity contribution in [1.29, 1.82) is 0 Å². The van der Waals surface area contributed by atoms with Gasteiger partial charge in [0.25, 0.3) is 0 Å². The van der Waals surface area contributed by atoms with Crippen LogP contribution < -0.4 is 5.73 Å². The van der Waals surface area contributed by atoms with Gasteiger partial charge in [-0.25, -0.2) is 4.98 Å². The van der Waals surface area contributed by atoms with Crippen LogP contribution in [0.15, 0.2) is 5.03 Å². The van der Waals surface area contributed by atoms with Gasteiger partial charge in [0.2, 0.25) is 11.6 Å². The molecule has 3 rings (SSSR count). The van der Waals surface area contributed by atoms with Gasteiger partial charge in [-0.15, -0.1) is 27.1 Å². The predicted octanol–water partition coefficient (Wildman–Crippen LogP) is 2.66. The van der Waals surface area contributed by atoms with E-state index in [9.17, 15) is 13.2 Å². The number of anilines is 1. The Bertz CT molecular complexity index is 685. The van der Waals surface area contributed by atoms with Crippen molar-refractivity contribution in [3.63, 3.8) is 0 Å². The Kier molecular flexibility index (Phi) is 3.87. The number of nitrogen functional groups attached to an aromatic ring is 1. The van der Waals surface area contributed by atoms with Crippen molar-refractivity contribution in [2.75, 3.05) is 12.0 Å². The molecule has 1 aliphatic carbocycles. The molecule has 1 aliphatic rings. The summed E-state index contributed by atoms with van der Waals surface area (Å²) >= 11 is 1.34. The molecule has 2 aromatic heterocycles. The minimum Gasteiger partial charge on any atom is -0.367 e. The molecular formula is C12H15F3N6S. The van der Waals surface area contributed by atoms with E-state index >= 15 is 0 Å². The molecular weight excluding hydrogens is 317 g/mol. The predicted molar refractivity (Wildman–Crippen MR) is 75.5 cm³/mol. The maximum atomic E-state index is 13.0. The molecule has 2 atom stereocenters. The van der Waals surface area contributed by atoms with E-state index in [1.54, 1.807) is 0 Å². The highest BCUT2D eigenvalue weighted by Gasteiger charge is 2.43. The SMILES string of the molecule is CSc1nc(N)nn2c(C3CCCC(C(F)(F)F)C3)nnc12. The smallest absolute Gasteiger partial charge is 0.367 e. The Morgan fingerprint density at radius 1 is 1.27 bits per heavy atom. The molecule has 22 heavy (non-hydrogen) atoms. The molecule has 2 unspecified atom stereocenters. The molecule has 0 saturated heterocycles. The highest BCUT2D eigenvalue weighted by molar-refractivity contribution is 7.98. The maximum Gasteiger partial charge on any atom is 0.391 e. The number of halogens is 3. The molecule has 0 spiro atoms. The number of aromatic nitrogens is 5. The van der Waals surface area contributed by atoms with Gasteiger partial charge >= 0.3 is 6.18 Å². The molecule has 6 nitrogen and oxygen atoms in total. The Hall–Kier alpha value is -1.58. The first-order chi connectivity index (χ1) is 10.4. The fourth-order valence-electron chi connectivity index (χ4n) is 2.92. The number of nitrogens with zero attached hydrogens (tertiary/aromatic N) is 5. The minimum absolute atomic E-state index is 0.0167. The number of nitrogens with two attached hydrogens (primary N) is 1. The average molecular weight is 332 g/mol. The van der Waals surface area contributed by atoms with Gasteiger partial charge in [-0.3, -0.25) is 0 Å². The molecule has 0 radical (unpaired) electrons. The normalized spacial score (nSPS) is 23.1. The van der Waals surface area contributed by atoms with Gasteiger partial charge in [-0.2, -0.15) is 17.7 Å². The van der Waals surface area contributed by atoms with E-state index in [2.05, 4.69) is 20.3 Å². The van der Waals surface area contributed by atoms with E-state index in [-0.39, 0.29) is 24.7 Å². The van der Waals surface area contributed by atoms with E-state index in [1.807, 2.05) is 6.26 Å². The number of fused-ring (bicyclic) bond motifs is 1. The molecule has 1 fully saturated rings. The summed E-state index contributed by atoms with van der Waals surface area (Å²) in [4.78, 5) is 4.06. The van der Waals surface area contributed by atoms with Gasteiger partial charge in [0, 0.05) is 5.92 Å². The van der Waals surface area contributed by atoms with Crippen LogP contribution >= 0.6 is 11.8 Å². The summed E-state index contributed by atoms with van der Waals surface area (Å²) in [7, 11) is 0. The number of rotatable bonds is 2. The van der Waals surface area contributed by atoms with Crippen molar-refractivity contribution in [2.24, 2.45) is 5.92 Å². The van der Waals surface area contributed by atoms with Crippen molar-refractivity contribution in [1.82, 2.24) is 24.8 Å². The van der Waals surface area contributed by atoms with Crippen LogP contribution in [0.1, 0.15) is 37.4 Å². The number of thioether (sulfide) groups is 1. The van der Waals surface area contributed by atoms with E-state index in [0.29, 0.717) is 29.3 Å². The van der Waals surface area contributed by atoms with Crippen molar-refractivity contribution in [3.05, 3.63) is 5.82 Å². The van der Waals surface area contributed by atoms with Crippen molar-refractivity contribution >= 4 is 23.4 Å². The van der Waals surface area contributed by atoms with Crippen LogP contribution in [0.4, 0.5) is 19.1 Å². The Labute approximate surface area is 128 Å². The van der Waals surface area contributed by atoms with Crippen LogP contribution in [-0.4, -0.2) is 37.2 Å². The summed E-state index contributed by atoms with van der Waals surface area (Å²) in [5.74, 6) is -1.12. The van der Waals surface area contributed by atoms with Gasteiger partial charge in [0.05, 0.1) is 5.92 Å². The fraction of sp³-hybridized carbons (Fsp3) is 0.667. The summed E-state index contributed by atoms with van der Waals surface area (Å²) in [5, 5.41) is 12.7. The third-order valence-electron chi connectivity index (χ3n) is 3.97. The van der Waals surface area contributed by atoms with Gasteiger partial charge < -0.3 is 5.73 Å². The van der Waals surface area contributed by atoms with Crippen LogP contribution in [0.25, 0.3) is 5.65 Å². The third kappa shape index (κ3) is 2.71. The quantitative estimate of drug-likeness (QED) is 0.852.